The van der Waals surface area contributed by atoms with Gasteiger partial charge in [0.2, 0.25) is 0 Å². The number of fused-ring (bicyclic) bond motifs is 2. The summed E-state index contributed by atoms with van der Waals surface area (Å²) < 4.78 is 0. The molecule has 0 radical (unpaired) electrons. The minimum Gasteiger partial charge on any atom is -0.344 e. The number of anilines is 2. The number of benzene rings is 3. The maximum Gasteiger partial charge on any atom is 0.0488 e. The van der Waals surface area contributed by atoms with Gasteiger partial charge in [-0.2, -0.15) is 0 Å². The van der Waals surface area contributed by atoms with Gasteiger partial charge >= 0.3 is 0 Å². The molecule has 0 atom stereocenters. The van der Waals surface area contributed by atoms with Crippen LogP contribution in [-0.4, -0.2) is 7.05 Å². The predicted octanol–water partition coefficient (Wildman–Crippen LogP) is 6.60. The molecule has 4 rings (SSSR count). The van der Waals surface area contributed by atoms with E-state index in [0.717, 1.165) is 5.02 Å². The van der Waals surface area contributed by atoms with Gasteiger partial charge in [-0.3, -0.25) is 0 Å². The van der Waals surface area contributed by atoms with Crippen LogP contribution >= 0.6 is 23.4 Å². The molecular weight excluding hydrogens is 334 g/mol. The number of thioether (sulfide) groups is 1. The number of halogens is 1. The fourth-order valence-corrected chi connectivity index (χ4v) is 3.96. The number of hydrogen-bond acceptors (Lipinski definition) is 2. The van der Waals surface area contributed by atoms with Crippen molar-refractivity contribution in [3.63, 3.8) is 0 Å². The van der Waals surface area contributed by atoms with Crippen LogP contribution in [-0.2, 0) is 0 Å². The van der Waals surface area contributed by atoms with Crippen LogP contribution in [0.4, 0.5) is 11.4 Å². The van der Waals surface area contributed by atoms with Crippen molar-refractivity contribution in [2.75, 3.05) is 11.9 Å². The largest absolute Gasteiger partial charge is 0.344 e. The van der Waals surface area contributed by atoms with E-state index < -0.39 is 0 Å². The quantitative estimate of drug-likeness (QED) is 0.479. The molecule has 3 aromatic carbocycles. The van der Waals surface area contributed by atoms with E-state index >= 15 is 0 Å². The fourth-order valence-electron chi connectivity index (χ4n) is 3.03. The summed E-state index contributed by atoms with van der Waals surface area (Å²) in [5, 5.41) is 3.01. The number of para-hydroxylation sites is 2. The van der Waals surface area contributed by atoms with Crippen LogP contribution in [0.15, 0.2) is 83.1 Å². The maximum absolute atomic E-state index is 5.98. The zero-order valence-electron chi connectivity index (χ0n) is 13.2. The van der Waals surface area contributed by atoms with Gasteiger partial charge in [0.15, 0.2) is 0 Å². The lowest BCUT2D eigenvalue weighted by Gasteiger charge is -2.31. The Kier molecular flexibility index (Phi) is 4.09. The van der Waals surface area contributed by atoms with Crippen LogP contribution in [0.25, 0.3) is 5.57 Å². The summed E-state index contributed by atoms with van der Waals surface area (Å²) in [6, 6.07) is 25.1. The van der Waals surface area contributed by atoms with Gasteiger partial charge in [-0.1, -0.05) is 59.8 Å². The van der Waals surface area contributed by atoms with Crippen molar-refractivity contribution >= 4 is 40.3 Å². The first kappa shape index (κ1) is 15.4. The summed E-state index contributed by atoms with van der Waals surface area (Å²) >= 11 is 7.71. The predicted molar refractivity (Wildman–Crippen MR) is 105 cm³/mol. The molecule has 0 amide bonds. The smallest absolute Gasteiger partial charge is 0.0488 e. The lowest BCUT2D eigenvalue weighted by Crippen LogP contribution is -2.17. The van der Waals surface area contributed by atoms with E-state index in [0.29, 0.717) is 0 Å². The highest BCUT2D eigenvalue weighted by Crippen LogP contribution is 2.45. The maximum atomic E-state index is 5.98. The Hall–Kier alpha value is -2.16. The lowest BCUT2D eigenvalue weighted by molar-refractivity contribution is 1.17. The summed E-state index contributed by atoms with van der Waals surface area (Å²) in [6.07, 6.45) is 0. The molecule has 1 aliphatic heterocycles. The molecule has 0 bridgehead atoms. The van der Waals surface area contributed by atoms with Gasteiger partial charge < -0.3 is 4.90 Å². The molecule has 1 aliphatic rings. The van der Waals surface area contributed by atoms with E-state index in [1.165, 1.54) is 33.0 Å². The Labute approximate surface area is 151 Å². The van der Waals surface area contributed by atoms with Crippen LogP contribution in [0.5, 0.6) is 0 Å². The molecule has 0 saturated carbocycles. The molecular formula is C21H16ClNS. The van der Waals surface area contributed by atoms with Crippen LogP contribution < -0.4 is 4.90 Å². The Morgan fingerprint density at radius 3 is 1.92 bits per heavy atom. The molecule has 1 nitrogen and oxygen atoms in total. The molecule has 3 aromatic rings. The molecule has 3 heteroatoms. The normalized spacial score (nSPS) is 12.6. The van der Waals surface area contributed by atoms with Crippen molar-refractivity contribution in [1.82, 2.24) is 0 Å². The van der Waals surface area contributed by atoms with Crippen LogP contribution in [0.2, 0.25) is 5.02 Å². The van der Waals surface area contributed by atoms with Crippen molar-refractivity contribution < 1.29 is 0 Å². The average molecular weight is 350 g/mol. The zero-order valence-corrected chi connectivity index (χ0v) is 14.8. The second-order valence-corrected chi connectivity index (χ2v) is 7.08. The van der Waals surface area contributed by atoms with Crippen LogP contribution in [0.1, 0.15) is 11.1 Å². The van der Waals surface area contributed by atoms with Crippen molar-refractivity contribution in [3.8, 4) is 0 Å². The van der Waals surface area contributed by atoms with Gasteiger partial charge in [-0.25, -0.2) is 0 Å². The third kappa shape index (κ3) is 2.72. The molecule has 0 spiro atoms. The molecule has 1 heterocycles. The van der Waals surface area contributed by atoms with Crippen molar-refractivity contribution in [1.29, 1.82) is 0 Å². The number of hydrogen-bond donors (Lipinski definition) is 0. The fraction of sp³-hybridized carbons (Fsp3) is 0.0476. The topological polar surface area (TPSA) is 3.24 Å². The molecule has 24 heavy (non-hydrogen) atoms. The third-order valence-electron chi connectivity index (χ3n) is 4.24. The SMILES string of the molecule is CN1c2ccccc2C(=CSc2ccc(Cl)cc2)c2ccccc21. The average Bonchev–Trinajstić information content (AvgIpc) is 2.63. The molecule has 0 aromatic heterocycles. The Balaban J connectivity index is 1.81. The van der Waals surface area contributed by atoms with Crippen molar-refractivity contribution in [3.05, 3.63) is 94.4 Å². The minimum atomic E-state index is 0.766. The van der Waals surface area contributed by atoms with Crippen LogP contribution in [0, 0.1) is 0 Å². The molecule has 0 N–H and O–H groups in total. The van der Waals surface area contributed by atoms with Crippen molar-refractivity contribution in [2.45, 2.75) is 4.90 Å². The number of nitrogens with zero attached hydrogens (tertiary/aromatic N) is 1. The van der Waals surface area contributed by atoms with Gasteiger partial charge in [0.25, 0.3) is 0 Å². The van der Waals surface area contributed by atoms with Gasteiger partial charge in [-0.15, -0.1) is 0 Å². The van der Waals surface area contributed by atoms with Gasteiger partial charge in [0, 0.05) is 39.5 Å². The van der Waals surface area contributed by atoms with Crippen LogP contribution in [0.3, 0.4) is 0 Å². The minimum absolute atomic E-state index is 0.766. The monoisotopic (exact) mass is 349 g/mol. The highest BCUT2D eigenvalue weighted by molar-refractivity contribution is 8.02. The second-order valence-electron chi connectivity index (χ2n) is 5.70. The second kappa shape index (κ2) is 6.39. The van der Waals surface area contributed by atoms with E-state index in [-0.39, 0.29) is 0 Å². The Bertz CT molecular complexity index is 866. The first-order valence-corrected chi connectivity index (χ1v) is 9.05. The Morgan fingerprint density at radius 1 is 0.792 bits per heavy atom. The summed E-state index contributed by atoms with van der Waals surface area (Å²) in [6.45, 7) is 0. The first-order chi connectivity index (χ1) is 11.7. The summed E-state index contributed by atoms with van der Waals surface area (Å²) in [5.74, 6) is 0. The van der Waals surface area contributed by atoms with E-state index in [1.807, 2.05) is 12.1 Å². The first-order valence-electron chi connectivity index (χ1n) is 7.79. The highest BCUT2D eigenvalue weighted by Gasteiger charge is 2.23. The van der Waals surface area contributed by atoms with Gasteiger partial charge in [-0.05, 0) is 47.4 Å². The van der Waals surface area contributed by atoms with E-state index in [2.05, 4.69) is 78.0 Å². The van der Waals surface area contributed by atoms with Crippen molar-refractivity contribution in [2.24, 2.45) is 0 Å². The summed E-state index contributed by atoms with van der Waals surface area (Å²) in [5.41, 5.74) is 6.26. The summed E-state index contributed by atoms with van der Waals surface area (Å²) in [7, 11) is 2.13. The lowest BCUT2D eigenvalue weighted by atomic mass is 9.92. The zero-order chi connectivity index (χ0) is 16.5. The molecule has 0 saturated heterocycles. The molecule has 0 unspecified atom stereocenters. The number of rotatable bonds is 2. The highest BCUT2D eigenvalue weighted by atomic mass is 35.5. The molecule has 0 fully saturated rings. The third-order valence-corrected chi connectivity index (χ3v) is 5.39. The van der Waals surface area contributed by atoms with E-state index in [9.17, 15) is 0 Å². The van der Waals surface area contributed by atoms with E-state index in [4.69, 9.17) is 11.6 Å². The molecule has 0 aliphatic carbocycles. The van der Waals surface area contributed by atoms with Gasteiger partial charge in [0.1, 0.15) is 0 Å². The summed E-state index contributed by atoms with van der Waals surface area (Å²) in [4.78, 5) is 3.44. The van der Waals surface area contributed by atoms with Gasteiger partial charge in [0.05, 0.1) is 0 Å². The molecule has 118 valence electrons. The van der Waals surface area contributed by atoms with E-state index in [1.54, 1.807) is 11.8 Å². The Morgan fingerprint density at radius 2 is 1.33 bits per heavy atom. The standard InChI is InChI=1S/C21H16ClNS/c1-23-20-8-4-2-6-17(20)19(18-7-3-5-9-21(18)23)14-24-16-12-10-15(22)11-13-16/h2-14H,1H3.